The predicted molar refractivity (Wildman–Crippen MR) is 126 cm³/mol. The molecule has 4 aromatic carbocycles. The van der Waals surface area contributed by atoms with Crippen LogP contribution in [-0.4, -0.2) is 21.7 Å². The first-order valence-electron chi connectivity index (χ1n) is 10.8. The lowest BCUT2D eigenvalue weighted by Crippen LogP contribution is -2.32. The van der Waals surface area contributed by atoms with Crippen molar-refractivity contribution in [1.82, 2.24) is 9.80 Å². The summed E-state index contributed by atoms with van der Waals surface area (Å²) >= 11 is 0. The number of nitrogens with zero attached hydrogens (tertiary/aromatic N) is 2. The van der Waals surface area contributed by atoms with Gasteiger partial charge in [-0.1, -0.05) is 72.8 Å². The molecule has 0 spiro atoms. The van der Waals surface area contributed by atoms with Crippen LogP contribution in [0.2, 0.25) is 0 Å². The zero-order valence-electron chi connectivity index (χ0n) is 18.1. The Kier molecular flexibility index (Phi) is 5.64. The molecule has 0 radical (unpaired) electrons. The summed E-state index contributed by atoms with van der Waals surface area (Å²) in [5.41, 5.74) is 1.34. The fourth-order valence-electron chi connectivity index (χ4n) is 4.07. The van der Waals surface area contributed by atoms with Crippen LogP contribution in [-0.2, 0) is 17.9 Å². The molecule has 4 nitrogen and oxygen atoms in total. The minimum atomic E-state index is -0.622. The lowest BCUT2D eigenvalue weighted by molar-refractivity contribution is -0.123. The van der Waals surface area contributed by atoms with Gasteiger partial charge in [-0.3, -0.25) is 14.6 Å². The average molecular weight is 454 g/mol. The summed E-state index contributed by atoms with van der Waals surface area (Å²) in [5, 5.41) is 2.03. The molecule has 0 atom stereocenters. The molecule has 1 fully saturated rings. The van der Waals surface area contributed by atoms with Gasteiger partial charge in [0.25, 0.3) is 5.91 Å². The topological polar surface area (TPSA) is 40.6 Å². The highest BCUT2D eigenvalue weighted by molar-refractivity contribution is 6.14. The summed E-state index contributed by atoms with van der Waals surface area (Å²) in [6, 6.07) is 25.0. The lowest BCUT2D eigenvalue weighted by atomic mass is 10.1. The van der Waals surface area contributed by atoms with E-state index in [2.05, 4.69) is 0 Å². The van der Waals surface area contributed by atoms with E-state index >= 15 is 0 Å². The Morgan fingerprint density at radius 1 is 0.647 bits per heavy atom. The van der Waals surface area contributed by atoms with E-state index in [1.807, 2.05) is 42.5 Å². The van der Waals surface area contributed by atoms with Gasteiger partial charge in [-0.15, -0.1) is 0 Å². The molecule has 0 aromatic heterocycles. The molecule has 34 heavy (non-hydrogen) atoms. The van der Waals surface area contributed by atoms with Crippen LogP contribution in [0.15, 0.2) is 96.7 Å². The van der Waals surface area contributed by atoms with Gasteiger partial charge in [-0.25, -0.2) is 13.6 Å². The van der Waals surface area contributed by atoms with Gasteiger partial charge in [-0.05, 0) is 40.6 Å². The van der Waals surface area contributed by atoms with Crippen molar-refractivity contribution in [2.75, 3.05) is 0 Å². The Morgan fingerprint density at radius 2 is 1.21 bits per heavy atom. The van der Waals surface area contributed by atoms with Crippen molar-refractivity contribution < 1.29 is 18.4 Å². The molecule has 5 rings (SSSR count). The number of rotatable bonds is 5. The summed E-state index contributed by atoms with van der Waals surface area (Å²) in [6.45, 7) is -0.336. The molecule has 4 aromatic rings. The summed E-state index contributed by atoms with van der Waals surface area (Å²) in [5.74, 6) is -1.53. The maximum absolute atomic E-state index is 14.4. The Morgan fingerprint density at radius 3 is 1.85 bits per heavy atom. The third kappa shape index (κ3) is 4.06. The number of carbonyl (C=O) groups is 2. The third-order valence-electron chi connectivity index (χ3n) is 5.87. The lowest BCUT2D eigenvalue weighted by Gasteiger charge is -2.18. The van der Waals surface area contributed by atoms with Gasteiger partial charge in [0.05, 0.1) is 13.1 Å². The number of hydrogen-bond acceptors (Lipinski definition) is 2. The highest BCUT2D eigenvalue weighted by atomic mass is 19.1. The summed E-state index contributed by atoms with van der Waals surface area (Å²) < 4.78 is 28.6. The molecule has 1 aliphatic heterocycles. The molecule has 168 valence electrons. The number of carbonyl (C=O) groups excluding carboxylic acids is 2. The fraction of sp³-hybridized carbons (Fsp3) is 0.0714. The smallest absolute Gasteiger partial charge is 0.284 e. The van der Waals surface area contributed by atoms with Crippen LogP contribution in [0.1, 0.15) is 16.7 Å². The van der Waals surface area contributed by atoms with Crippen molar-refractivity contribution >= 4 is 28.8 Å². The first kappa shape index (κ1) is 21.5. The summed E-state index contributed by atoms with van der Waals surface area (Å²) in [4.78, 5) is 28.9. The quantitative estimate of drug-likeness (QED) is 0.269. The fourth-order valence-corrected chi connectivity index (χ4v) is 4.07. The molecule has 1 aliphatic rings. The zero-order valence-corrected chi connectivity index (χ0v) is 18.1. The number of amides is 3. The minimum absolute atomic E-state index is 0.111. The van der Waals surface area contributed by atoms with Crippen molar-refractivity contribution in [1.29, 1.82) is 0 Å². The van der Waals surface area contributed by atoms with Crippen molar-refractivity contribution in [3.8, 4) is 0 Å². The Hall–Kier alpha value is -4.32. The number of benzene rings is 4. The van der Waals surface area contributed by atoms with Crippen LogP contribution in [0.4, 0.5) is 13.6 Å². The first-order chi connectivity index (χ1) is 16.5. The molecule has 0 unspecified atom stereocenters. The van der Waals surface area contributed by atoms with Crippen molar-refractivity contribution in [3.63, 3.8) is 0 Å². The molecule has 3 amide bonds. The normalized spacial score (nSPS) is 15.1. The molecule has 1 saturated heterocycles. The molecule has 0 bridgehead atoms. The molecule has 0 saturated carbocycles. The van der Waals surface area contributed by atoms with Gasteiger partial charge in [0.1, 0.15) is 17.3 Å². The zero-order chi connectivity index (χ0) is 23.7. The molecular weight excluding hydrogens is 434 g/mol. The van der Waals surface area contributed by atoms with Crippen LogP contribution >= 0.6 is 0 Å². The number of imide groups is 1. The average Bonchev–Trinajstić information content (AvgIpc) is 3.06. The number of hydrogen-bond donors (Lipinski definition) is 0. The molecule has 6 heteroatoms. The molecule has 1 heterocycles. The van der Waals surface area contributed by atoms with Crippen molar-refractivity contribution in [2.24, 2.45) is 0 Å². The van der Waals surface area contributed by atoms with Crippen LogP contribution < -0.4 is 0 Å². The van der Waals surface area contributed by atoms with E-state index in [0.717, 1.165) is 21.2 Å². The van der Waals surface area contributed by atoms with Gasteiger partial charge in [0.2, 0.25) is 0 Å². The van der Waals surface area contributed by atoms with Crippen molar-refractivity contribution in [3.05, 3.63) is 125 Å². The summed E-state index contributed by atoms with van der Waals surface area (Å²) in [6.07, 6.45) is 1.62. The van der Waals surface area contributed by atoms with Gasteiger partial charge in [-0.2, -0.15) is 0 Å². The molecule has 0 N–H and O–H groups in total. The highest BCUT2D eigenvalue weighted by Gasteiger charge is 2.41. The second kappa shape index (κ2) is 8.90. The number of fused-ring (bicyclic) bond motifs is 1. The Bertz CT molecular complexity index is 1450. The second-order valence-corrected chi connectivity index (χ2v) is 8.08. The van der Waals surface area contributed by atoms with E-state index in [4.69, 9.17) is 0 Å². The van der Waals surface area contributed by atoms with Gasteiger partial charge < -0.3 is 0 Å². The van der Waals surface area contributed by atoms with E-state index < -0.39 is 23.6 Å². The van der Waals surface area contributed by atoms with Crippen LogP contribution in [0.3, 0.4) is 0 Å². The third-order valence-corrected chi connectivity index (χ3v) is 5.87. The standard InChI is InChI=1S/C28H20F2N2O2/c29-24-11-5-3-9-22(24)17-31-26(16-19-13-14-20-7-1-2-8-21(20)15-19)27(33)32(28(31)34)18-23-10-4-6-12-25(23)30/h1-16H,17-18H2/b26-16-. The Labute approximate surface area is 195 Å². The van der Waals surface area contributed by atoms with Crippen LogP contribution in [0.25, 0.3) is 16.8 Å². The van der Waals surface area contributed by atoms with E-state index in [0.29, 0.717) is 0 Å². The highest BCUT2D eigenvalue weighted by Crippen LogP contribution is 2.29. The van der Waals surface area contributed by atoms with Gasteiger partial charge in [0.15, 0.2) is 0 Å². The molecular formula is C28H20F2N2O2. The monoisotopic (exact) mass is 454 g/mol. The van der Waals surface area contributed by atoms with E-state index in [9.17, 15) is 18.4 Å². The Balaban J connectivity index is 1.55. The van der Waals surface area contributed by atoms with Crippen molar-refractivity contribution in [2.45, 2.75) is 13.1 Å². The minimum Gasteiger partial charge on any atom is -0.284 e. The van der Waals surface area contributed by atoms with Crippen LogP contribution in [0.5, 0.6) is 0 Å². The van der Waals surface area contributed by atoms with E-state index in [1.54, 1.807) is 36.4 Å². The summed E-state index contributed by atoms with van der Waals surface area (Å²) in [7, 11) is 0. The number of halogens is 2. The van der Waals surface area contributed by atoms with Crippen LogP contribution in [0, 0.1) is 11.6 Å². The first-order valence-corrected chi connectivity index (χ1v) is 10.8. The SMILES string of the molecule is O=C1/C(=C/c2ccc3ccccc3c2)N(Cc2ccccc2F)C(=O)N1Cc1ccccc1F. The van der Waals surface area contributed by atoms with E-state index in [1.165, 1.54) is 23.1 Å². The maximum atomic E-state index is 14.4. The second-order valence-electron chi connectivity index (χ2n) is 8.08. The van der Waals surface area contributed by atoms with Gasteiger partial charge in [0, 0.05) is 11.1 Å². The molecule has 0 aliphatic carbocycles. The largest absolute Gasteiger partial charge is 0.332 e. The predicted octanol–water partition coefficient (Wildman–Crippen LogP) is 6.12. The number of urea groups is 1. The van der Waals surface area contributed by atoms with E-state index in [-0.39, 0.29) is 29.9 Å². The van der Waals surface area contributed by atoms with Gasteiger partial charge >= 0.3 is 6.03 Å². The maximum Gasteiger partial charge on any atom is 0.332 e.